The van der Waals surface area contributed by atoms with E-state index in [2.05, 4.69) is 71.9 Å². The summed E-state index contributed by atoms with van der Waals surface area (Å²) in [6, 6.07) is 14.7. The molecule has 0 heterocycles. The molecule has 0 fully saturated rings. The number of aromatic hydroxyl groups is 1. The Morgan fingerprint density at radius 1 is 0.773 bits per heavy atom. The number of phenols is 1. The third-order valence-electron chi connectivity index (χ3n) is 4.09. The summed E-state index contributed by atoms with van der Waals surface area (Å²) < 4.78 is 0. The van der Waals surface area contributed by atoms with Gasteiger partial charge in [0.2, 0.25) is 0 Å². The Morgan fingerprint density at radius 3 is 1.86 bits per heavy atom. The first-order chi connectivity index (χ1) is 10.1. The lowest BCUT2D eigenvalue weighted by Gasteiger charge is -2.24. The van der Waals surface area contributed by atoms with E-state index in [-0.39, 0.29) is 10.8 Å². The number of phenolic OH excluding ortho intramolecular Hbond substituents is 1. The van der Waals surface area contributed by atoms with Crippen LogP contribution < -0.4 is 0 Å². The minimum Gasteiger partial charge on any atom is -0.508 e. The van der Waals surface area contributed by atoms with Crippen molar-refractivity contribution in [2.75, 3.05) is 0 Å². The van der Waals surface area contributed by atoms with E-state index in [4.69, 9.17) is 0 Å². The van der Waals surface area contributed by atoms with E-state index in [1.54, 1.807) is 6.07 Å². The van der Waals surface area contributed by atoms with Gasteiger partial charge in [-0.05, 0) is 40.0 Å². The highest BCUT2D eigenvalue weighted by molar-refractivity contribution is 5.46. The molecule has 0 bridgehead atoms. The molecule has 0 saturated heterocycles. The van der Waals surface area contributed by atoms with Crippen molar-refractivity contribution in [3.8, 4) is 5.75 Å². The van der Waals surface area contributed by atoms with Gasteiger partial charge < -0.3 is 5.11 Å². The van der Waals surface area contributed by atoms with Crippen LogP contribution in [0.1, 0.15) is 63.8 Å². The van der Waals surface area contributed by atoms with Crippen LogP contribution in [-0.4, -0.2) is 5.11 Å². The molecular weight excluding hydrogens is 268 g/mol. The molecule has 0 aliphatic heterocycles. The van der Waals surface area contributed by atoms with Crippen LogP contribution in [0.3, 0.4) is 0 Å². The lowest BCUT2D eigenvalue weighted by atomic mass is 9.81. The Bertz CT molecular complexity index is 637. The van der Waals surface area contributed by atoms with Crippen LogP contribution in [0.25, 0.3) is 0 Å². The van der Waals surface area contributed by atoms with Gasteiger partial charge in [-0.15, -0.1) is 0 Å². The van der Waals surface area contributed by atoms with Gasteiger partial charge in [0.05, 0.1) is 0 Å². The maximum absolute atomic E-state index is 10.3. The standard InChI is InChI=1S/C21H28O/c1-20(2,3)17-12-10-15(11-13-17)14-16-8-7-9-18(22)19(16)21(4,5)6/h7-13,22H,14H2,1-6H3. The summed E-state index contributed by atoms with van der Waals surface area (Å²) >= 11 is 0. The zero-order valence-corrected chi connectivity index (χ0v) is 14.7. The molecule has 0 atom stereocenters. The van der Waals surface area contributed by atoms with E-state index in [1.165, 1.54) is 16.7 Å². The maximum atomic E-state index is 10.3. The first kappa shape index (κ1) is 16.6. The topological polar surface area (TPSA) is 20.2 Å². The highest BCUT2D eigenvalue weighted by Crippen LogP contribution is 2.34. The van der Waals surface area contributed by atoms with Crippen LogP contribution in [0.4, 0.5) is 0 Å². The van der Waals surface area contributed by atoms with Crippen LogP contribution in [0.5, 0.6) is 5.75 Å². The minimum absolute atomic E-state index is 0.0635. The van der Waals surface area contributed by atoms with Gasteiger partial charge in [-0.3, -0.25) is 0 Å². The van der Waals surface area contributed by atoms with Crippen molar-refractivity contribution in [3.05, 3.63) is 64.7 Å². The normalized spacial score (nSPS) is 12.5. The van der Waals surface area contributed by atoms with E-state index in [0.717, 1.165) is 12.0 Å². The van der Waals surface area contributed by atoms with Gasteiger partial charge in [0, 0.05) is 5.56 Å². The monoisotopic (exact) mass is 296 g/mol. The third kappa shape index (κ3) is 3.71. The molecule has 1 heteroatoms. The van der Waals surface area contributed by atoms with Gasteiger partial charge in [-0.2, -0.15) is 0 Å². The largest absolute Gasteiger partial charge is 0.508 e. The molecule has 2 aromatic carbocycles. The molecule has 0 spiro atoms. The van der Waals surface area contributed by atoms with E-state index >= 15 is 0 Å². The fourth-order valence-corrected chi connectivity index (χ4v) is 2.94. The summed E-state index contributed by atoms with van der Waals surface area (Å²) in [6.07, 6.45) is 0.853. The molecule has 0 amide bonds. The smallest absolute Gasteiger partial charge is 0.119 e. The van der Waals surface area contributed by atoms with E-state index in [1.807, 2.05) is 6.07 Å². The average molecular weight is 296 g/mol. The van der Waals surface area contributed by atoms with Gasteiger partial charge in [-0.25, -0.2) is 0 Å². The second kappa shape index (κ2) is 5.79. The summed E-state index contributed by atoms with van der Waals surface area (Å²) in [7, 11) is 0. The molecule has 0 saturated carbocycles. The lowest BCUT2D eigenvalue weighted by Crippen LogP contribution is -2.15. The Morgan fingerprint density at radius 2 is 1.36 bits per heavy atom. The van der Waals surface area contributed by atoms with E-state index in [0.29, 0.717) is 5.75 Å². The van der Waals surface area contributed by atoms with Crippen LogP contribution in [-0.2, 0) is 17.3 Å². The molecule has 22 heavy (non-hydrogen) atoms. The fourth-order valence-electron chi connectivity index (χ4n) is 2.94. The Labute approximate surface area is 135 Å². The van der Waals surface area contributed by atoms with E-state index in [9.17, 15) is 5.11 Å². The van der Waals surface area contributed by atoms with Gasteiger partial charge in [0.1, 0.15) is 5.75 Å². The first-order valence-electron chi connectivity index (χ1n) is 8.00. The molecule has 0 aromatic heterocycles. The molecule has 1 N–H and O–H groups in total. The summed E-state index contributed by atoms with van der Waals surface area (Å²) in [5.74, 6) is 0.399. The summed E-state index contributed by atoms with van der Waals surface area (Å²) in [5, 5.41) is 10.3. The van der Waals surface area contributed by atoms with Crippen molar-refractivity contribution < 1.29 is 5.11 Å². The number of rotatable bonds is 2. The van der Waals surface area contributed by atoms with Crippen molar-refractivity contribution >= 4 is 0 Å². The molecule has 0 aliphatic rings. The number of hydrogen-bond donors (Lipinski definition) is 1. The van der Waals surface area contributed by atoms with Gasteiger partial charge in [0.25, 0.3) is 0 Å². The molecule has 0 radical (unpaired) electrons. The fraction of sp³-hybridized carbons (Fsp3) is 0.429. The second-order valence-corrected chi connectivity index (χ2v) is 8.18. The lowest BCUT2D eigenvalue weighted by molar-refractivity contribution is 0.444. The Balaban J connectivity index is 2.34. The summed E-state index contributed by atoms with van der Waals surface area (Å²) in [6.45, 7) is 13.1. The minimum atomic E-state index is -0.0635. The van der Waals surface area contributed by atoms with Crippen LogP contribution in [0.2, 0.25) is 0 Å². The molecule has 0 aliphatic carbocycles. The van der Waals surface area contributed by atoms with Gasteiger partial charge in [0.15, 0.2) is 0 Å². The number of benzene rings is 2. The van der Waals surface area contributed by atoms with Crippen molar-refractivity contribution in [2.24, 2.45) is 0 Å². The van der Waals surface area contributed by atoms with Crippen LogP contribution in [0, 0.1) is 0 Å². The predicted molar refractivity (Wildman–Crippen MR) is 94.8 cm³/mol. The molecule has 118 valence electrons. The van der Waals surface area contributed by atoms with Gasteiger partial charge >= 0.3 is 0 Å². The zero-order chi connectivity index (χ0) is 16.5. The van der Waals surface area contributed by atoms with Crippen LogP contribution in [0.15, 0.2) is 42.5 Å². The number of hydrogen-bond acceptors (Lipinski definition) is 1. The maximum Gasteiger partial charge on any atom is 0.119 e. The Hall–Kier alpha value is -1.76. The van der Waals surface area contributed by atoms with E-state index < -0.39 is 0 Å². The summed E-state index contributed by atoms with van der Waals surface area (Å²) in [4.78, 5) is 0. The highest BCUT2D eigenvalue weighted by Gasteiger charge is 2.22. The molecule has 1 nitrogen and oxygen atoms in total. The second-order valence-electron chi connectivity index (χ2n) is 8.18. The van der Waals surface area contributed by atoms with Crippen molar-refractivity contribution in [1.29, 1.82) is 0 Å². The SMILES string of the molecule is CC(C)(C)c1ccc(Cc2cccc(O)c2C(C)(C)C)cc1. The zero-order valence-electron chi connectivity index (χ0n) is 14.7. The third-order valence-corrected chi connectivity index (χ3v) is 4.09. The van der Waals surface area contributed by atoms with Crippen molar-refractivity contribution in [1.82, 2.24) is 0 Å². The van der Waals surface area contributed by atoms with Crippen molar-refractivity contribution in [3.63, 3.8) is 0 Å². The highest BCUT2D eigenvalue weighted by atomic mass is 16.3. The Kier molecular flexibility index (Phi) is 4.37. The average Bonchev–Trinajstić information content (AvgIpc) is 2.36. The quantitative estimate of drug-likeness (QED) is 0.767. The molecule has 2 rings (SSSR count). The molecule has 0 unspecified atom stereocenters. The first-order valence-corrected chi connectivity index (χ1v) is 8.00. The van der Waals surface area contributed by atoms with Crippen LogP contribution >= 0.6 is 0 Å². The molecular formula is C21H28O. The predicted octanol–water partition coefficient (Wildman–Crippen LogP) is 5.58. The summed E-state index contributed by atoms with van der Waals surface area (Å²) in [5.41, 5.74) is 5.00. The molecule has 2 aromatic rings. The van der Waals surface area contributed by atoms with Crippen molar-refractivity contribution in [2.45, 2.75) is 58.8 Å². The van der Waals surface area contributed by atoms with Gasteiger partial charge in [-0.1, -0.05) is 77.9 Å².